The van der Waals surface area contributed by atoms with E-state index in [4.69, 9.17) is 0 Å². The lowest BCUT2D eigenvalue weighted by atomic mass is 9.96. The molecule has 0 aliphatic heterocycles. The molecule has 0 saturated heterocycles. The van der Waals surface area contributed by atoms with Gasteiger partial charge < -0.3 is 5.32 Å². The Labute approximate surface area is 208 Å². The number of nitrogens with one attached hydrogen (secondary N) is 2. The molecular formula is C27H29F3N2O2S. The van der Waals surface area contributed by atoms with E-state index >= 15 is 0 Å². The summed E-state index contributed by atoms with van der Waals surface area (Å²) < 4.78 is 41.5. The molecule has 0 unspecified atom stereocenters. The average molecular weight is 503 g/mol. The standard InChI is InChI=1S/C27H29F3N2O2S/c1-2-3-6-18-35-32-25(34)26(16-4-5-17-26)31-24(33)22-14-12-20(13-15-22)10-11-21-8-7-9-23(19-21)27(28,29)30/h7-9,12-15,19H,2-6,16-18H2,1H3,(H,31,33)(H,32,34). The minimum absolute atomic E-state index is 0.159. The zero-order chi connectivity index (χ0) is 25.3. The normalized spacial score (nSPS) is 14.6. The summed E-state index contributed by atoms with van der Waals surface area (Å²) in [4.78, 5) is 25.8. The van der Waals surface area contributed by atoms with Crippen molar-refractivity contribution in [1.29, 1.82) is 0 Å². The lowest BCUT2D eigenvalue weighted by Gasteiger charge is -2.28. The summed E-state index contributed by atoms with van der Waals surface area (Å²) in [5.41, 5.74) is -0.444. The van der Waals surface area contributed by atoms with Crippen LogP contribution in [0.1, 0.15) is 78.9 Å². The van der Waals surface area contributed by atoms with E-state index in [2.05, 4.69) is 28.8 Å². The van der Waals surface area contributed by atoms with E-state index in [0.29, 0.717) is 24.0 Å². The molecule has 35 heavy (non-hydrogen) atoms. The molecule has 0 radical (unpaired) electrons. The molecule has 2 aromatic rings. The molecule has 4 nitrogen and oxygen atoms in total. The van der Waals surface area contributed by atoms with Crippen LogP contribution in [0.3, 0.4) is 0 Å². The number of hydrogen-bond acceptors (Lipinski definition) is 3. The molecule has 0 aromatic heterocycles. The van der Waals surface area contributed by atoms with E-state index in [0.717, 1.165) is 50.0 Å². The summed E-state index contributed by atoms with van der Waals surface area (Å²) in [5.74, 6) is 5.90. The third kappa shape index (κ3) is 7.53. The second-order valence-corrected chi connectivity index (χ2v) is 9.54. The van der Waals surface area contributed by atoms with Gasteiger partial charge in [0.15, 0.2) is 0 Å². The summed E-state index contributed by atoms with van der Waals surface area (Å²) >= 11 is 1.39. The van der Waals surface area contributed by atoms with Crippen molar-refractivity contribution >= 4 is 23.8 Å². The van der Waals surface area contributed by atoms with E-state index in [-0.39, 0.29) is 17.4 Å². The molecule has 186 valence electrons. The van der Waals surface area contributed by atoms with Gasteiger partial charge in [0.25, 0.3) is 11.8 Å². The minimum Gasteiger partial charge on any atom is -0.338 e. The van der Waals surface area contributed by atoms with Crippen LogP contribution in [-0.2, 0) is 11.0 Å². The molecule has 1 fully saturated rings. The van der Waals surface area contributed by atoms with Gasteiger partial charge in [-0.1, -0.05) is 62.5 Å². The molecule has 2 aromatic carbocycles. The van der Waals surface area contributed by atoms with Gasteiger partial charge >= 0.3 is 6.18 Å². The van der Waals surface area contributed by atoms with Crippen molar-refractivity contribution < 1.29 is 22.8 Å². The summed E-state index contributed by atoms with van der Waals surface area (Å²) in [6, 6.07) is 11.3. The Morgan fingerprint density at radius 1 is 1.00 bits per heavy atom. The third-order valence-corrected chi connectivity index (χ3v) is 6.77. The van der Waals surface area contributed by atoms with Gasteiger partial charge in [0.2, 0.25) is 0 Å². The zero-order valence-electron chi connectivity index (χ0n) is 19.6. The number of carbonyl (C=O) groups excluding carboxylic acids is 2. The fourth-order valence-corrected chi connectivity index (χ4v) is 4.71. The van der Waals surface area contributed by atoms with Crippen LogP contribution in [0.25, 0.3) is 0 Å². The lowest BCUT2D eigenvalue weighted by Crippen LogP contribution is -2.56. The smallest absolute Gasteiger partial charge is 0.338 e. The first kappa shape index (κ1) is 26.7. The molecule has 3 rings (SSSR count). The van der Waals surface area contributed by atoms with Crippen molar-refractivity contribution in [3.8, 4) is 11.8 Å². The van der Waals surface area contributed by atoms with E-state index < -0.39 is 17.3 Å². The Balaban J connectivity index is 1.63. The van der Waals surface area contributed by atoms with Crippen LogP contribution in [0.4, 0.5) is 13.2 Å². The van der Waals surface area contributed by atoms with Gasteiger partial charge in [0, 0.05) is 22.4 Å². The number of halogens is 3. The number of amides is 2. The number of alkyl halides is 3. The van der Waals surface area contributed by atoms with Crippen LogP contribution in [0.15, 0.2) is 48.5 Å². The van der Waals surface area contributed by atoms with Crippen molar-refractivity contribution in [2.45, 2.75) is 63.6 Å². The highest BCUT2D eigenvalue weighted by Crippen LogP contribution is 2.31. The highest BCUT2D eigenvalue weighted by atomic mass is 32.2. The Morgan fingerprint density at radius 3 is 2.34 bits per heavy atom. The molecule has 0 spiro atoms. The molecule has 0 atom stereocenters. The van der Waals surface area contributed by atoms with Gasteiger partial charge in [-0.3, -0.25) is 14.3 Å². The summed E-state index contributed by atoms with van der Waals surface area (Å²) in [5, 5.41) is 2.95. The molecule has 1 saturated carbocycles. The predicted molar refractivity (Wildman–Crippen MR) is 133 cm³/mol. The van der Waals surface area contributed by atoms with E-state index in [9.17, 15) is 22.8 Å². The third-order valence-electron chi connectivity index (χ3n) is 5.95. The first-order valence-corrected chi connectivity index (χ1v) is 12.8. The van der Waals surface area contributed by atoms with Crippen molar-refractivity contribution in [2.24, 2.45) is 0 Å². The van der Waals surface area contributed by atoms with Crippen LogP contribution in [0.5, 0.6) is 0 Å². The molecular weight excluding hydrogens is 473 g/mol. The second-order valence-electron chi connectivity index (χ2n) is 8.64. The van der Waals surface area contributed by atoms with E-state index in [1.54, 1.807) is 24.3 Å². The number of rotatable bonds is 8. The Kier molecular flexibility index (Phi) is 9.27. The predicted octanol–water partition coefficient (Wildman–Crippen LogP) is 6.10. The van der Waals surface area contributed by atoms with Gasteiger partial charge in [-0.2, -0.15) is 13.2 Å². The van der Waals surface area contributed by atoms with Gasteiger partial charge in [0.1, 0.15) is 5.54 Å². The number of unbranched alkanes of at least 4 members (excludes halogenated alkanes) is 2. The van der Waals surface area contributed by atoms with Gasteiger partial charge in [0.05, 0.1) is 5.56 Å². The summed E-state index contributed by atoms with van der Waals surface area (Å²) in [6.45, 7) is 2.13. The maximum Gasteiger partial charge on any atom is 0.416 e. The fraction of sp³-hybridized carbons (Fsp3) is 0.407. The largest absolute Gasteiger partial charge is 0.416 e. The minimum atomic E-state index is -4.42. The van der Waals surface area contributed by atoms with Gasteiger partial charge in [-0.15, -0.1) is 0 Å². The van der Waals surface area contributed by atoms with Crippen LogP contribution >= 0.6 is 11.9 Å². The molecule has 8 heteroatoms. The topological polar surface area (TPSA) is 58.2 Å². The Hall–Kier alpha value is -2.92. The van der Waals surface area contributed by atoms with Crippen LogP contribution in [0, 0.1) is 11.8 Å². The second kappa shape index (κ2) is 12.2. The lowest BCUT2D eigenvalue weighted by molar-refractivity contribution is -0.137. The molecule has 1 aliphatic carbocycles. The van der Waals surface area contributed by atoms with Crippen LogP contribution in [0.2, 0.25) is 0 Å². The van der Waals surface area contributed by atoms with Crippen molar-refractivity contribution in [3.63, 3.8) is 0 Å². The SMILES string of the molecule is CCCCCSNC(=O)C1(NC(=O)c2ccc(C#Cc3cccc(C(F)(F)F)c3)cc2)CCCC1. The first-order chi connectivity index (χ1) is 16.7. The maximum absolute atomic E-state index is 12.9. The molecule has 2 amide bonds. The quantitative estimate of drug-likeness (QED) is 0.260. The zero-order valence-corrected chi connectivity index (χ0v) is 20.5. The number of hydrogen-bond donors (Lipinski definition) is 2. The van der Waals surface area contributed by atoms with Crippen molar-refractivity contribution in [3.05, 3.63) is 70.8 Å². The Morgan fingerprint density at radius 2 is 1.69 bits per heavy atom. The summed E-state index contributed by atoms with van der Waals surface area (Å²) in [6.07, 6.45) is 1.78. The average Bonchev–Trinajstić information content (AvgIpc) is 3.32. The maximum atomic E-state index is 12.9. The molecule has 2 N–H and O–H groups in total. The highest BCUT2D eigenvalue weighted by Gasteiger charge is 2.42. The molecule has 0 heterocycles. The monoisotopic (exact) mass is 502 g/mol. The number of carbonyl (C=O) groups is 2. The van der Waals surface area contributed by atoms with Crippen molar-refractivity contribution in [1.82, 2.24) is 10.0 Å². The summed E-state index contributed by atoms with van der Waals surface area (Å²) in [7, 11) is 0. The van der Waals surface area contributed by atoms with Crippen LogP contribution in [-0.4, -0.2) is 23.1 Å². The Bertz CT molecular complexity index is 1080. The van der Waals surface area contributed by atoms with Crippen LogP contribution < -0.4 is 10.0 Å². The first-order valence-electron chi connectivity index (χ1n) is 11.8. The van der Waals surface area contributed by atoms with Gasteiger partial charge in [-0.25, -0.2) is 0 Å². The van der Waals surface area contributed by atoms with E-state index in [1.165, 1.54) is 24.1 Å². The fourth-order valence-electron chi connectivity index (χ4n) is 3.94. The van der Waals surface area contributed by atoms with E-state index in [1.807, 2.05) is 0 Å². The number of benzene rings is 2. The molecule has 1 aliphatic rings. The highest BCUT2D eigenvalue weighted by molar-refractivity contribution is 7.97. The molecule has 0 bridgehead atoms. The van der Waals surface area contributed by atoms with Crippen molar-refractivity contribution in [2.75, 3.05) is 5.75 Å². The van der Waals surface area contributed by atoms with Gasteiger partial charge in [-0.05, 0) is 61.7 Å².